The Hall–Kier alpha value is -3.53. The Labute approximate surface area is 131 Å². The number of carbonyl (C=O) groups excluding carboxylic acids is 2. The lowest BCUT2D eigenvalue weighted by molar-refractivity contribution is -0.111. The third-order valence-corrected chi connectivity index (χ3v) is 2.98. The van der Waals surface area contributed by atoms with Gasteiger partial charge in [-0.2, -0.15) is 5.26 Å². The molecule has 23 heavy (non-hydrogen) atoms. The number of halogens is 1. The molecule has 2 aromatic rings. The number of anilines is 1. The zero-order valence-electron chi connectivity index (χ0n) is 11.8. The number of nitrogens with zero attached hydrogens (tertiary/aromatic N) is 2. The van der Waals surface area contributed by atoms with Crippen LogP contribution in [0.15, 0.2) is 42.7 Å². The maximum atomic E-state index is 13.7. The standard InChI is InChI=1S/C16H11FN4O2/c17-14-5-11(2-3-12(14)6-18)13(7-19)16(23)21-15-4-1-10(9-22)8-20-15/h1-5,7-9H,19H2,(H,20,21,23). The largest absolute Gasteiger partial charge is 0.404 e. The van der Waals surface area contributed by atoms with E-state index in [1.54, 1.807) is 6.07 Å². The minimum atomic E-state index is -0.745. The third kappa shape index (κ3) is 3.57. The van der Waals surface area contributed by atoms with Gasteiger partial charge in [0, 0.05) is 18.0 Å². The van der Waals surface area contributed by atoms with Crippen molar-refractivity contribution in [3.63, 3.8) is 0 Å². The van der Waals surface area contributed by atoms with E-state index in [0.717, 1.165) is 12.3 Å². The summed E-state index contributed by atoms with van der Waals surface area (Å²) in [6.45, 7) is 0. The fourth-order valence-corrected chi connectivity index (χ4v) is 1.81. The summed E-state index contributed by atoms with van der Waals surface area (Å²) in [4.78, 5) is 26.7. The van der Waals surface area contributed by atoms with E-state index in [9.17, 15) is 14.0 Å². The van der Waals surface area contributed by atoms with Gasteiger partial charge in [-0.1, -0.05) is 6.07 Å². The number of benzene rings is 1. The molecule has 2 rings (SSSR count). The molecule has 0 unspecified atom stereocenters. The molecule has 0 atom stereocenters. The van der Waals surface area contributed by atoms with Crippen LogP contribution < -0.4 is 11.1 Å². The molecule has 0 saturated heterocycles. The van der Waals surface area contributed by atoms with E-state index in [0.29, 0.717) is 11.8 Å². The van der Waals surface area contributed by atoms with Crippen LogP contribution in [0.3, 0.4) is 0 Å². The molecule has 0 fully saturated rings. The first-order chi connectivity index (χ1) is 11.1. The summed E-state index contributed by atoms with van der Waals surface area (Å²) in [6, 6.07) is 8.37. The van der Waals surface area contributed by atoms with Gasteiger partial charge in [0.1, 0.15) is 17.7 Å². The summed E-state index contributed by atoms with van der Waals surface area (Å²) in [5.41, 5.74) is 5.94. The van der Waals surface area contributed by atoms with Gasteiger partial charge in [-0.25, -0.2) is 9.37 Å². The van der Waals surface area contributed by atoms with E-state index < -0.39 is 11.7 Å². The molecule has 6 nitrogen and oxygen atoms in total. The van der Waals surface area contributed by atoms with Crippen LogP contribution in [0.1, 0.15) is 21.5 Å². The van der Waals surface area contributed by atoms with E-state index in [2.05, 4.69) is 10.3 Å². The summed E-state index contributed by atoms with van der Waals surface area (Å²) in [5, 5.41) is 11.2. The molecule has 0 aliphatic carbocycles. The highest BCUT2D eigenvalue weighted by molar-refractivity contribution is 6.25. The SMILES string of the molecule is N#Cc1ccc(C(=CN)C(=O)Nc2ccc(C=O)cn2)cc1F. The van der Waals surface area contributed by atoms with Gasteiger partial charge in [-0.05, 0) is 29.8 Å². The highest BCUT2D eigenvalue weighted by Crippen LogP contribution is 2.19. The molecule has 0 aliphatic heterocycles. The van der Waals surface area contributed by atoms with Gasteiger partial charge < -0.3 is 11.1 Å². The molecule has 1 aromatic carbocycles. The Kier molecular flexibility index (Phi) is 4.79. The first-order valence-electron chi connectivity index (χ1n) is 6.43. The van der Waals surface area contributed by atoms with Gasteiger partial charge in [0.2, 0.25) is 0 Å². The molecule has 1 aromatic heterocycles. The molecule has 7 heteroatoms. The van der Waals surface area contributed by atoms with Crippen LogP contribution in [0.4, 0.5) is 10.2 Å². The minimum absolute atomic E-state index is 0.0228. The molecular weight excluding hydrogens is 299 g/mol. The first kappa shape index (κ1) is 15.9. The van der Waals surface area contributed by atoms with Crippen molar-refractivity contribution in [2.45, 2.75) is 0 Å². The highest BCUT2D eigenvalue weighted by Gasteiger charge is 2.14. The molecule has 0 saturated carbocycles. The van der Waals surface area contributed by atoms with E-state index in [4.69, 9.17) is 11.0 Å². The number of carbonyl (C=O) groups is 2. The normalized spacial score (nSPS) is 10.7. The van der Waals surface area contributed by atoms with Crippen LogP contribution in [0.25, 0.3) is 5.57 Å². The number of amides is 1. The number of hydrogen-bond donors (Lipinski definition) is 2. The zero-order valence-corrected chi connectivity index (χ0v) is 11.8. The minimum Gasteiger partial charge on any atom is -0.404 e. The van der Waals surface area contributed by atoms with Crippen molar-refractivity contribution in [1.29, 1.82) is 5.26 Å². The number of nitrogens with one attached hydrogen (secondary N) is 1. The Balaban J connectivity index is 2.23. The number of hydrogen-bond acceptors (Lipinski definition) is 5. The topological polar surface area (TPSA) is 109 Å². The maximum absolute atomic E-state index is 13.7. The second-order valence-corrected chi connectivity index (χ2v) is 4.44. The second kappa shape index (κ2) is 6.95. The molecule has 114 valence electrons. The quantitative estimate of drug-likeness (QED) is 0.661. The fourth-order valence-electron chi connectivity index (χ4n) is 1.81. The van der Waals surface area contributed by atoms with Gasteiger partial charge in [0.25, 0.3) is 5.91 Å². The van der Waals surface area contributed by atoms with Gasteiger partial charge in [0.15, 0.2) is 6.29 Å². The van der Waals surface area contributed by atoms with Crippen LogP contribution in [-0.2, 0) is 4.79 Å². The van der Waals surface area contributed by atoms with E-state index in [1.807, 2.05) is 0 Å². The molecule has 0 bridgehead atoms. The number of pyridine rings is 1. The fraction of sp³-hybridized carbons (Fsp3) is 0. The molecule has 0 radical (unpaired) electrons. The van der Waals surface area contributed by atoms with E-state index >= 15 is 0 Å². The third-order valence-electron chi connectivity index (χ3n) is 2.98. The predicted molar refractivity (Wildman–Crippen MR) is 81.5 cm³/mol. The number of nitrogens with two attached hydrogens (primary N) is 1. The van der Waals surface area contributed by atoms with Crippen LogP contribution in [0.5, 0.6) is 0 Å². The molecule has 0 aliphatic rings. The van der Waals surface area contributed by atoms with E-state index in [1.165, 1.54) is 30.5 Å². The average molecular weight is 310 g/mol. The van der Waals surface area contributed by atoms with Crippen LogP contribution in [-0.4, -0.2) is 17.2 Å². The lowest BCUT2D eigenvalue weighted by atomic mass is 10.0. The predicted octanol–water partition coefficient (Wildman–Crippen LogP) is 1.84. The Morgan fingerprint density at radius 1 is 1.35 bits per heavy atom. The van der Waals surface area contributed by atoms with Crippen molar-refractivity contribution < 1.29 is 14.0 Å². The van der Waals surface area contributed by atoms with Crippen LogP contribution in [0.2, 0.25) is 0 Å². The molecule has 1 heterocycles. The van der Waals surface area contributed by atoms with Gasteiger partial charge in [-0.15, -0.1) is 0 Å². The lowest BCUT2D eigenvalue weighted by Gasteiger charge is -2.08. The maximum Gasteiger partial charge on any atom is 0.258 e. The Morgan fingerprint density at radius 3 is 2.65 bits per heavy atom. The van der Waals surface area contributed by atoms with Gasteiger partial charge in [-0.3, -0.25) is 9.59 Å². The summed E-state index contributed by atoms with van der Waals surface area (Å²) in [5.74, 6) is -1.12. The Bertz CT molecular complexity index is 823. The number of nitriles is 1. The summed E-state index contributed by atoms with van der Waals surface area (Å²) in [6.07, 6.45) is 2.97. The second-order valence-electron chi connectivity index (χ2n) is 4.44. The van der Waals surface area contributed by atoms with Crippen molar-refractivity contribution in [3.05, 3.63) is 65.2 Å². The van der Waals surface area contributed by atoms with Crippen molar-refractivity contribution >= 4 is 23.6 Å². The van der Waals surface area contributed by atoms with Gasteiger partial charge in [0.05, 0.1) is 11.1 Å². The van der Waals surface area contributed by atoms with Gasteiger partial charge >= 0.3 is 0 Å². The smallest absolute Gasteiger partial charge is 0.258 e. The van der Waals surface area contributed by atoms with Crippen molar-refractivity contribution in [3.8, 4) is 6.07 Å². The van der Waals surface area contributed by atoms with Crippen molar-refractivity contribution in [1.82, 2.24) is 4.98 Å². The summed E-state index contributed by atoms with van der Waals surface area (Å²) in [7, 11) is 0. The van der Waals surface area contributed by atoms with Crippen LogP contribution >= 0.6 is 0 Å². The monoisotopic (exact) mass is 310 g/mol. The molecule has 3 N–H and O–H groups in total. The first-order valence-corrected chi connectivity index (χ1v) is 6.43. The number of aldehydes is 1. The lowest BCUT2D eigenvalue weighted by Crippen LogP contribution is -2.16. The molecule has 0 spiro atoms. The summed E-state index contributed by atoms with van der Waals surface area (Å²) >= 11 is 0. The number of rotatable bonds is 4. The van der Waals surface area contributed by atoms with Crippen LogP contribution in [0, 0.1) is 17.1 Å². The molecular formula is C16H11FN4O2. The highest BCUT2D eigenvalue weighted by atomic mass is 19.1. The number of aromatic nitrogens is 1. The zero-order chi connectivity index (χ0) is 16.8. The Morgan fingerprint density at radius 2 is 2.13 bits per heavy atom. The van der Waals surface area contributed by atoms with Crippen molar-refractivity contribution in [2.24, 2.45) is 5.73 Å². The average Bonchev–Trinajstić information content (AvgIpc) is 2.56. The van der Waals surface area contributed by atoms with Crippen molar-refractivity contribution in [2.75, 3.05) is 5.32 Å². The molecule has 1 amide bonds. The summed E-state index contributed by atoms with van der Waals surface area (Å²) < 4.78 is 13.7. The van der Waals surface area contributed by atoms with E-state index in [-0.39, 0.29) is 22.5 Å².